The number of carboxylic acid groups (broad SMARTS) is 1. The van der Waals surface area contributed by atoms with Gasteiger partial charge in [0, 0.05) is 49.5 Å². The molecule has 5 heteroatoms. The minimum atomic E-state index is -1.07. The second kappa shape index (κ2) is 5.85. The summed E-state index contributed by atoms with van der Waals surface area (Å²) in [5.74, 6) is -1.45. The molecule has 112 valence electrons. The molecule has 0 atom stereocenters. The van der Waals surface area contributed by atoms with Crippen molar-refractivity contribution in [1.82, 2.24) is 4.90 Å². The number of benzene rings is 1. The van der Waals surface area contributed by atoms with Crippen LogP contribution in [0.1, 0.15) is 18.4 Å². The molecular weight excluding hydrogens is 271 g/mol. The lowest BCUT2D eigenvalue weighted by Gasteiger charge is -2.37. The van der Waals surface area contributed by atoms with Crippen molar-refractivity contribution in [2.45, 2.75) is 18.9 Å². The molecule has 1 saturated carbocycles. The van der Waals surface area contributed by atoms with Crippen LogP contribution in [0.15, 0.2) is 24.3 Å². The van der Waals surface area contributed by atoms with E-state index in [9.17, 15) is 9.18 Å². The van der Waals surface area contributed by atoms with Crippen LogP contribution in [0.3, 0.4) is 0 Å². The van der Waals surface area contributed by atoms with E-state index < -0.39 is 5.97 Å². The van der Waals surface area contributed by atoms with Crippen molar-refractivity contribution in [2.75, 3.05) is 31.1 Å². The third-order valence-corrected chi connectivity index (χ3v) is 4.14. The highest BCUT2D eigenvalue weighted by Gasteiger charge is 2.31. The number of hydrogen-bond donors (Lipinski definition) is 1. The van der Waals surface area contributed by atoms with Crippen LogP contribution in [-0.2, 0) is 4.79 Å². The van der Waals surface area contributed by atoms with E-state index in [0.29, 0.717) is 5.56 Å². The van der Waals surface area contributed by atoms with E-state index in [4.69, 9.17) is 5.11 Å². The van der Waals surface area contributed by atoms with Gasteiger partial charge in [0.1, 0.15) is 5.82 Å². The number of piperazine rings is 1. The zero-order valence-corrected chi connectivity index (χ0v) is 11.8. The van der Waals surface area contributed by atoms with E-state index in [2.05, 4.69) is 9.80 Å². The molecule has 1 aromatic carbocycles. The predicted octanol–water partition coefficient (Wildman–Crippen LogP) is 2.21. The smallest absolute Gasteiger partial charge is 0.328 e. The molecule has 0 amide bonds. The Morgan fingerprint density at radius 2 is 1.95 bits per heavy atom. The van der Waals surface area contributed by atoms with E-state index in [1.54, 1.807) is 6.07 Å². The van der Waals surface area contributed by atoms with Crippen LogP contribution in [-0.4, -0.2) is 48.2 Å². The van der Waals surface area contributed by atoms with Crippen LogP contribution < -0.4 is 4.90 Å². The Bertz CT molecular complexity index is 561. The number of aliphatic carboxylic acids is 1. The monoisotopic (exact) mass is 290 g/mol. The fourth-order valence-corrected chi connectivity index (χ4v) is 2.89. The first-order valence-electron chi connectivity index (χ1n) is 7.33. The molecule has 2 aliphatic rings. The molecule has 1 aromatic rings. The largest absolute Gasteiger partial charge is 0.478 e. The fraction of sp³-hybridized carbons (Fsp3) is 0.438. The maximum Gasteiger partial charge on any atom is 0.328 e. The third-order valence-electron chi connectivity index (χ3n) is 4.14. The highest BCUT2D eigenvalue weighted by Crippen LogP contribution is 2.30. The van der Waals surface area contributed by atoms with Gasteiger partial charge in [0.05, 0.1) is 0 Å². The van der Waals surface area contributed by atoms with Gasteiger partial charge in [0.25, 0.3) is 0 Å². The highest BCUT2D eigenvalue weighted by atomic mass is 19.1. The number of halogens is 1. The summed E-state index contributed by atoms with van der Waals surface area (Å²) in [5.41, 5.74) is 1.14. The Hall–Kier alpha value is -1.88. The fourth-order valence-electron chi connectivity index (χ4n) is 2.89. The number of anilines is 1. The molecule has 1 heterocycles. The second-order valence-electron chi connectivity index (χ2n) is 5.60. The average molecular weight is 290 g/mol. The first kappa shape index (κ1) is 14.1. The lowest BCUT2D eigenvalue weighted by Crippen LogP contribution is -2.47. The predicted molar refractivity (Wildman–Crippen MR) is 79.9 cm³/mol. The van der Waals surface area contributed by atoms with E-state index in [-0.39, 0.29) is 5.82 Å². The van der Waals surface area contributed by atoms with E-state index >= 15 is 0 Å². The summed E-state index contributed by atoms with van der Waals surface area (Å²) >= 11 is 0. The van der Waals surface area contributed by atoms with Crippen molar-refractivity contribution < 1.29 is 14.3 Å². The maximum atomic E-state index is 14.0. The lowest BCUT2D eigenvalue weighted by atomic mass is 10.1. The summed E-state index contributed by atoms with van der Waals surface area (Å²) in [6.07, 6.45) is 4.93. The number of rotatable bonds is 4. The molecule has 0 bridgehead atoms. The van der Waals surface area contributed by atoms with Crippen molar-refractivity contribution in [2.24, 2.45) is 0 Å². The Labute approximate surface area is 123 Å². The zero-order chi connectivity index (χ0) is 14.8. The molecular formula is C16H19FN2O2. The standard InChI is InChI=1S/C16H19FN2O2/c17-14-2-1-3-15(13(14)6-7-16(20)21)19-10-8-18(9-11-19)12-4-5-12/h1-3,6-7,12H,4-5,8-11H2,(H,20,21)/b7-6+. The minimum Gasteiger partial charge on any atom is -0.478 e. The van der Waals surface area contributed by atoms with E-state index in [0.717, 1.165) is 44.0 Å². The van der Waals surface area contributed by atoms with Crippen molar-refractivity contribution in [3.05, 3.63) is 35.7 Å². The Morgan fingerprint density at radius 3 is 2.57 bits per heavy atom. The lowest BCUT2D eigenvalue weighted by molar-refractivity contribution is -0.131. The SMILES string of the molecule is O=C(O)/C=C/c1c(F)cccc1N1CCN(C2CC2)CC1. The topological polar surface area (TPSA) is 43.8 Å². The van der Waals surface area contributed by atoms with Gasteiger partial charge in [-0.2, -0.15) is 0 Å². The first-order chi connectivity index (χ1) is 10.1. The molecule has 0 unspecified atom stereocenters. The summed E-state index contributed by atoms with van der Waals surface area (Å²) < 4.78 is 14.0. The molecule has 1 N–H and O–H groups in total. The number of carboxylic acids is 1. The summed E-state index contributed by atoms with van der Waals surface area (Å²) in [6, 6.07) is 5.66. The minimum absolute atomic E-state index is 0.361. The molecule has 2 fully saturated rings. The van der Waals surface area contributed by atoms with Gasteiger partial charge < -0.3 is 10.0 Å². The summed E-state index contributed by atoms with van der Waals surface area (Å²) in [6.45, 7) is 3.69. The Kier molecular flexibility index (Phi) is 3.92. The molecule has 1 aliphatic heterocycles. The van der Waals surface area contributed by atoms with Gasteiger partial charge in [-0.1, -0.05) is 6.07 Å². The highest BCUT2D eigenvalue weighted by molar-refractivity contribution is 5.87. The van der Waals surface area contributed by atoms with Gasteiger partial charge in [-0.3, -0.25) is 4.90 Å². The zero-order valence-electron chi connectivity index (χ0n) is 11.8. The number of nitrogens with zero attached hydrogens (tertiary/aromatic N) is 2. The normalized spacial score (nSPS) is 20.1. The molecule has 0 radical (unpaired) electrons. The van der Waals surface area contributed by atoms with Gasteiger partial charge in [0.2, 0.25) is 0 Å². The maximum absolute atomic E-state index is 14.0. The van der Waals surface area contributed by atoms with Crippen molar-refractivity contribution in [3.63, 3.8) is 0 Å². The van der Waals surface area contributed by atoms with Crippen LogP contribution in [0, 0.1) is 5.82 Å². The van der Waals surface area contributed by atoms with Gasteiger partial charge in [0.15, 0.2) is 0 Å². The number of carbonyl (C=O) groups is 1. The van der Waals surface area contributed by atoms with Gasteiger partial charge in [-0.25, -0.2) is 9.18 Å². The summed E-state index contributed by atoms with van der Waals surface area (Å²) in [4.78, 5) is 15.3. The quantitative estimate of drug-likeness (QED) is 0.864. The van der Waals surface area contributed by atoms with Gasteiger partial charge in [-0.15, -0.1) is 0 Å². The van der Waals surface area contributed by atoms with Crippen LogP contribution in [0.2, 0.25) is 0 Å². The van der Waals surface area contributed by atoms with E-state index in [1.807, 2.05) is 6.07 Å². The molecule has 21 heavy (non-hydrogen) atoms. The van der Waals surface area contributed by atoms with Gasteiger partial charge >= 0.3 is 5.97 Å². The molecule has 1 aliphatic carbocycles. The molecule has 1 saturated heterocycles. The Balaban J connectivity index is 1.78. The van der Waals surface area contributed by atoms with Crippen molar-refractivity contribution in [3.8, 4) is 0 Å². The van der Waals surface area contributed by atoms with Crippen LogP contribution in [0.25, 0.3) is 6.08 Å². The third kappa shape index (κ3) is 3.24. The van der Waals surface area contributed by atoms with Crippen LogP contribution in [0.5, 0.6) is 0 Å². The molecule has 4 nitrogen and oxygen atoms in total. The van der Waals surface area contributed by atoms with Gasteiger partial charge in [-0.05, 0) is 31.1 Å². The first-order valence-corrected chi connectivity index (χ1v) is 7.33. The summed E-state index contributed by atoms with van der Waals surface area (Å²) in [7, 11) is 0. The molecule has 0 spiro atoms. The van der Waals surface area contributed by atoms with Crippen LogP contribution >= 0.6 is 0 Å². The van der Waals surface area contributed by atoms with Crippen molar-refractivity contribution >= 4 is 17.7 Å². The average Bonchev–Trinajstić information content (AvgIpc) is 3.30. The summed E-state index contributed by atoms with van der Waals surface area (Å²) in [5, 5.41) is 8.74. The number of hydrogen-bond acceptors (Lipinski definition) is 3. The van der Waals surface area contributed by atoms with Crippen LogP contribution in [0.4, 0.5) is 10.1 Å². The second-order valence-corrected chi connectivity index (χ2v) is 5.60. The molecule has 0 aromatic heterocycles. The van der Waals surface area contributed by atoms with Crippen molar-refractivity contribution in [1.29, 1.82) is 0 Å². The Morgan fingerprint density at radius 1 is 1.24 bits per heavy atom. The molecule has 3 rings (SSSR count). The van der Waals surface area contributed by atoms with E-state index in [1.165, 1.54) is 25.0 Å².